The van der Waals surface area contributed by atoms with E-state index < -0.39 is 0 Å². The zero-order chi connectivity index (χ0) is 20.3. The Morgan fingerprint density at radius 1 is 0.900 bits per heavy atom. The summed E-state index contributed by atoms with van der Waals surface area (Å²) in [6.07, 6.45) is 8.11. The van der Waals surface area contributed by atoms with Gasteiger partial charge in [-0.15, -0.1) is 0 Å². The second-order valence-electron chi connectivity index (χ2n) is 7.87. The number of benzene rings is 2. The van der Waals surface area contributed by atoms with E-state index in [1.165, 1.54) is 31.5 Å². The van der Waals surface area contributed by atoms with Gasteiger partial charge in [-0.25, -0.2) is 9.97 Å². The average Bonchev–Trinajstić information content (AvgIpc) is 3.34. The van der Waals surface area contributed by atoms with Crippen molar-refractivity contribution in [2.45, 2.75) is 25.8 Å². The summed E-state index contributed by atoms with van der Waals surface area (Å²) in [5, 5.41) is 4.35. The second-order valence-corrected chi connectivity index (χ2v) is 7.87. The lowest BCUT2D eigenvalue weighted by molar-refractivity contribution is 0.263. The van der Waals surface area contributed by atoms with Crippen molar-refractivity contribution in [1.29, 1.82) is 0 Å². The first-order valence-electron chi connectivity index (χ1n) is 10.5. The molecule has 1 atom stereocenters. The summed E-state index contributed by atoms with van der Waals surface area (Å²) in [6, 6.07) is 19.3. The van der Waals surface area contributed by atoms with Crippen LogP contribution in [0.25, 0.3) is 22.0 Å². The number of rotatable bonds is 5. The highest BCUT2D eigenvalue weighted by molar-refractivity contribution is 5.84. The third kappa shape index (κ3) is 3.89. The number of hydrogen-bond donors (Lipinski definition) is 1. The van der Waals surface area contributed by atoms with E-state index in [1.54, 1.807) is 12.4 Å². The molecule has 0 saturated carbocycles. The topological polar surface area (TPSA) is 53.9 Å². The van der Waals surface area contributed by atoms with Crippen molar-refractivity contribution in [1.82, 2.24) is 19.9 Å². The molecule has 1 unspecified atom stereocenters. The Balaban J connectivity index is 1.32. The van der Waals surface area contributed by atoms with Crippen LogP contribution in [0.2, 0.25) is 0 Å². The summed E-state index contributed by atoms with van der Waals surface area (Å²) in [5.74, 6) is 0.611. The van der Waals surface area contributed by atoms with Crippen LogP contribution in [-0.4, -0.2) is 32.9 Å². The molecule has 0 radical (unpaired) electrons. The van der Waals surface area contributed by atoms with Gasteiger partial charge in [0, 0.05) is 35.7 Å². The maximum absolute atomic E-state index is 4.68. The molecule has 1 N–H and O–H groups in total. The van der Waals surface area contributed by atoms with Crippen LogP contribution in [0.3, 0.4) is 0 Å². The molecule has 1 fully saturated rings. The van der Waals surface area contributed by atoms with Crippen LogP contribution >= 0.6 is 0 Å². The molecule has 30 heavy (non-hydrogen) atoms. The predicted octanol–water partition coefficient (Wildman–Crippen LogP) is 5.59. The van der Waals surface area contributed by atoms with Crippen molar-refractivity contribution in [3.05, 3.63) is 78.8 Å². The van der Waals surface area contributed by atoms with Gasteiger partial charge in [0.15, 0.2) is 0 Å². The molecule has 5 rings (SSSR count). The minimum Gasteiger partial charge on any atom is -0.324 e. The van der Waals surface area contributed by atoms with Gasteiger partial charge >= 0.3 is 0 Å². The van der Waals surface area contributed by atoms with Crippen molar-refractivity contribution in [3.63, 3.8) is 0 Å². The molecule has 150 valence electrons. The van der Waals surface area contributed by atoms with Gasteiger partial charge in [0.2, 0.25) is 5.95 Å². The summed E-state index contributed by atoms with van der Waals surface area (Å²) in [7, 11) is 0. The summed E-state index contributed by atoms with van der Waals surface area (Å²) in [6.45, 7) is 4.70. The second kappa shape index (κ2) is 8.20. The van der Waals surface area contributed by atoms with E-state index >= 15 is 0 Å². The molecule has 4 aromatic rings. The van der Waals surface area contributed by atoms with Gasteiger partial charge < -0.3 is 5.32 Å². The Labute approximate surface area is 176 Å². The highest BCUT2D eigenvalue weighted by Gasteiger charge is 2.19. The molecule has 1 aliphatic heterocycles. The molecule has 2 aromatic carbocycles. The lowest BCUT2D eigenvalue weighted by Gasteiger charge is -2.24. The van der Waals surface area contributed by atoms with E-state index in [0.717, 1.165) is 27.7 Å². The van der Waals surface area contributed by atoms with E-state index in [4.69, 9.17) is 0 Å². The Morgan fingerprint density at radius 3 is 2.43 bits per heavy atom. The average molecular weight is 396 g/mol. The van der Waals surface area contributed by atoms with E-state index in [2.05, 4.69) is 68.5 Å². The number of hydrogen-bond acceptors (Lipinski definition) is 5. The molecule has 3 heterocycles. The van der Waals surface area contributed by atoms with Crippen molar-refractivity contribution in [2.75, 3.05) is 18.4 Å². The van der Waals surface area contributed by atoms with Crippen LogP contribution in [0.1, 0.15) is 31.4 Å². The zero-order valence-electron chi connectivity index (χ0n) is 17.1. The first-order chi connectivity index (χ1) is 14.8. The Kier molecular flexibility index (Phi) is 5.11. The van der Waals surface area contributed by atoms with Crippen LogP contribution in [-0.2, 0) is 0 Å². The Morgan fingerprint density at radius 2 is 1.67 bits per heavy atom. The van der Waals surface area contributed by atoms with Crippen molar-refractivity contribution >= 4 is 22.5 Å². The van der Waals surface area contributed by atoms with Crippen LogP contribution in [0, 0.1) is 0 Å². The fraction of sp³-hybridized carbons (Fsp3) is 0.240. The predicted molar refractivity (Wildman–Crippen MR) is 122 cm³/mol. The molecule has 5 heteroatoms. The number of nitrogens with zero attached hydrogens (tertiary/aromatic N) is 4. The molecular weight excluding hydrogens is 370 g/mol. The maximum Gasteiger partial charge on any atom is 0.227 e. The van der Waals surface area contributed by atoms with Crippen LogP contribution in [0.5, 0.6) is 0 Å². The maximum atomic E-state index is 4.68. The third-order valence-corrected chi connectivity index (χ3v) is 5.93. The molecule has 0 bridgehead atoms. The third-order valence-electron chi connectivity index (χ3n) is 5.93. The van der Waals surface area contributed by atoms with E-state index in [0.29, 0.717) is 12.0 Å². The number of pyridine rings is 1. The van der Waals surface area contributed by atoms with Gasteiger partial charge in [0.25, 0.3) is 0 Å². The summed E-state index contributed by atoms with van der Waals surface area (Å²) < 4.78 is 0. The normalized spacial score (nSPS) is 15.4. The molecule has 0 spiro atoms. The van der Waals surface area contributed by atoms with Gasteiger partial charge in [-0.1, -0.05) is 18.2 Å². The molecular formula is C25H25N5. The Bertz CT molecular complexity index is 1140. The Hall–Kier alpha value is -3.31. The molecule has 0 aliphatic carbocycles. The van der Waals surface area contributed by atoms with E-state index in [1.807, 2.05) is 24.4 Å². The van der Waals surface area contributed by atoms with Crippen molar-refractivity contribution in [2.24, 2.45) is 0 Å². The van der Waals surface area contributed by atoms with Gasteiger partial charge in [0.1, 0.15) is 0 Å². The number of aromatic nitrogens is 3. The highest BCUT2D eigenvalue weighted by Crippen LogP contribution is 2.27. The highest BCUT2D eigenvalue weighted by atomic mass is 15.2. The van der Waals surface area contributed by atoms with E-state index in [9.17, 15) is 0 Å². The molecule has 2 aromatic heterocycles. The number of anilines is 2. The van der Waals surface area contributed by atoms with E-state index in [-0.39, 0.29) is 0 Å². The smallest absolute Gasteiger partial charge is 0.227 e. The fourth-order valence-electron chi connectivity index (χ4n) is 4.13. The summed E-state index contributed by atoms with van der Waals surface area (Å²) in [4.78, 5) is 15.8. The zero-order valence-corrected chi connectivity index (χ0v) is 17.1. The van der Waals surface area contributed by atoms with Crippen molar-refractivity contribution < 1.29 is 0 Å². The molecule has 1 aliphatic rings. The number of likely N-dealkylation sites (tertiary alicyclic amines) is 1. The molecule has 1 saturated heterocycles. The lowest BCUT2D eigenvalue weighted by Crippen LogP contribution is -2.23. The SMILES string of the molecule is CC(c1ccc(Nc2ncc3cc(-c4ccncc4)ccc3n2)cc1)N1CCCC1. The van der Waals surface area contributed by atoms with Gasteiger partial charge in [0.05, 0.1) is 5.52 Å². The van der Waals surface area contributed by atoms with Gasteiger partial charge in [-0.3, -0.25) is 9.88 Å². The standard InChI is InChI=1S/C25H25N5/c1-18(30-14-2-3-15-30)19-4-7-23(8-5-19)28-25-27-17-22-16-21(6-9-24(22)29-25)20-10-12-26-13-11-20/h4-13,16-18H,2-3,14-15H2,1H3,(H,27,28,29). The first-order valence-corrected chi connectivity index (χ1v) is 10.5. The van der Waals surface area contributed by atoms with Crippen LogP contribution in [0.4, 0.5) is 11.6 Å². The minimum atomic E-state index is 0.466. The van der Waals surface area contributed by atoms with Crippen molar-refractivity contribution in [3.8, 4) is 11.1 Å². The molecule has 0 amide bonds. The monoisotopic (exact) mass is 395 g/mol. The summed E-state index contributed by atoms with van der Waals surface area (Å²) in [5.41, 5.74) is 5.55. The van der Waals surface area contributed by atoms with Gasteiger partial charge in [-0.05, 0) is 85.9 Å². The quantitative estimate of drug-likeness (QED) is 0.477. The first kappa shape index (κ1) is 18.7. The fourth-order valence-corrected chi connectivity index (χ4v) is 4.13. The largest absolute Gasteiger partial charge is 0.324 e. The lowest BCUT2D eigenvalue weighted by atomic mass is 10.1. The van der Waals surface area contributed by atoms with Crippen LogP contribution < -0.4 is 5.32 Å². The minimum absolute atomic E-state index is 0.466. The molecule has 5 nitrogen and oxygen atoms in total. The number of nitrogens with one attached hydrogen (secondary N) is 1. The van der Waals surface area contributed by atoms with Crippen LogP contribution in [0.15, 0.2) is 73.2 Å². The van der Waals surface area contributed by atoms with Gasteiger partial charge in [-0.2, -0.15) is 0 Å². The number of fused-ring (bicyclic) bond motifs is 1. The summed E-state index contributed by atoms with van der Waals surface area (Å²) >= 11 is 0.